The Labute approximate surface area is 171 Å². The molecular weight excluding hydrogens is 368 g/mol. The van der Waals surface area contributed by atoms with Crippen LogP contribution in [0.2, 0.25) is 18.1 Å². The van der Waals surface area contributed by atoms with Crippen molar-refractivity contribution in [3.8, 4) is 0 Å². The number of hydrogen-bond donors (Lipinski definition) is 0. The van der Waals surface area contributed by atoms with Crippen molar-refractivity contribution >= 4 is 14.6 Å². The van der Waals surface area contributed by atoms with Gasteiger partial charge in [-0.1, -0.05) is 57.2 Å². The smallest absolute Gasteiger partial charge is 0.192 e. The molecule has 0 bridgehead atoms. The number of carbonyl (C=O) groups excluding carboxylic acids is 1. The number of benzene rings is 1. The van der Waals surface area contributed by atoms with Gasteiger partial charge in [-0.3, -0.25) is 0 Å². The van der Waals surface area contributed by atoms with Gasteiger partial charge in [0.1, 0.15) is 12.4 Å². The summed E-state index contributed by atoms with van der Waals surface area (Å²) in [6.45, 7) is 15.8. The van der Waals surface area contributed by atoms with Gasteiger partial charge in [0.25, 0.3) is 0 Å². The Bertz CT molecular complexity index is 678. The minimum absolute atomic E-state index is 0.00874. The van der Waals surface area contributed by atoms with E-state index in [0.717, 1.165) is 23.8 Å². The van der Waals surface area contributed by atoms with Gasteiger partial charge in [0.15, 0.2) is 14.1 Å². The van der Waals surface area contributed by atoms with Crippen molar-refractivity contribution in [2.45, 2.75) is 90.2 Å². The van der Waals surface area contributed by atoms with Crippen molar-refractivity contribution in [2.75, 3.05) is 0 Å². The van der Waals surface area contributed by atoms with Gasteiger partial charge in [0.2, 0.25) is 0 Å². The van der Waals surface area contributed by atoms with Crippen LogP contribution < -0.4 is 0 Å². The molecule has 3 atom stereocenters. The second-order valence-corrected chi connectivity index (χ2v) is 14.1. The number of epoxide rings is 1. The number of aldehydes is 1. The molecule has 0 aliphatic carbocycles. The topological polar surface area (TPSA) is 48.1 Å². The zero-order valence-electron chi connectivity index (χ0n) is 18.5. The summed E-state index contributed by atoms with van der Waals surface area (Å²) in [6.07, 6.45) is 3.97. The molecule has 2 rings (SSSR count). The normalized spacial score (nSPS) is 24.1. The lowest BCUT2D eigenvalue weighted by atomic mass is 10.0. The second kappa shape index (κ2) is 9.03. The highest BCUT2D eigenvalue weighted by atomic mass is 28.4. The fourth-order valence-electron chi connectivity index (χ4n) is 2.86. The highest BCUT2D eigenvalue weighted by Crippen LogP contribution is 2.44. The van der Waals surface area contributed by atoms with Crippen molar-refractivity contribution < 1.29 is 18.7 Å². The quantitative estimate of drug-likeness (QED) is 0.219. The molecule has 1 saturated heterocycles. The Morgan fingerprint density at radius 3 is 2.50 bits per heavy atom. The van der Waals surface area contributed by atoms with Crippen LogP contribution >= 0.6 is 0 Å². The number of carbonyl (C=O) groups is 1. The fourth-order valence-corrected chi connectivity index (χ4v) is 4.20. The molecule has 0 N–H and O–H groups in total. The van der Waals surface area contributed by atoms with E-state index < -0.39 is 14.1 Å². The molecule has 0 saturated carbocycles. The van der Waals surface area contributed by atoms with Crippen LogP contribution in [0.25, 0.3) is 0 Å². The average molecular weight is 405 g/mol. The van der Waals surface area contributed by atoms with E-state index in [0.29, 0.717) is 13.0 Å². The predicted molar refractivity (Wildman–Crippen MR) is 116 cm³/mol. The Balaban J connectivity index is 2.03. The van der Waals surface area contributed by atoms with Gasteiger partial charge in [-0.15, -0.1) is 0 Å². The summed E-state index contributed by atoms with van der Waals surface area (Å²) in [5.74, 6) is -0.574. The molecule has 1 aromatic rings. The third-order valence-electron chi connectivity index (χ3n) is 5.99. The number of ether oxygens (including phenoxy) is 2. The molecule has 0 unspecified atom stereocenters. The van der Waals surface area contributed by atoms with Crippen molar-refractivity contribution in [1.29, 1.82) is 0 Å². The molecule has 28 heavy (non-hydrogen) atoms. The minimum Gasteiger partial charge on any atom is -0.410 e. The highest BCUT2D eigenvalue weighted by Gasteiger charge is 2.55. The minimum atomic E-state index is -1.95. The first-order chi connectivity index (χ1) is 13.0. The van der Waals surface area contributed by atoms with Gasteiger partial charge in [0.05, 0.1) is 12.7 Å². The van der Waals surface area contributed by atoms with E-state index in [4.69, 9.17) is 13.9 Å². The van der Waals surface area contributed by atoms with Gasteiger partial charge >= 0.3 is 0 Å². The second-order valence-electron chi connectivity index (χ2n) is 9.35. The summed E-state index contributed by atoms with van der Waals surface area (Å²) in [4.78, 5) is 10.8. The Morgan fingerprint density at radius 1 is 1.29 bits per heavy atom. The molecule has 0 amide bonds. The summed E-state index contributed by atoms with van der Waals surface area (Å²) in [5, 5.41) is 0.119. The van der Waals surface area contributed by atoms with Crippen LogP contribution in [-0.4, -0.2) is 32.6 Å². The first-order valence-electron chi connectivity index (χ1n) is 10.1. The first kappa shape index (κ1) is 23.0. The summed E-state index contributed by atoms with van der Waals surface area (Å²) in [5.41, 5.74) is 2.23. The Hall–Kier alpha value is -1.27. The molecule has 0 aromatic heterocycles. The lowest BCUT2D eigenvalue weighted by Crippen LogP contribution is -2.44. The Morgan fingerprint density at radius 2 is 1.93 bits per heavy atom. The first-order valence-corrected chi connectivity index (χ1v) is 13.0. The van der Waals surface area contributed by atoms with Crippen molar-refractivity contribution in [2.24, 2.45) is 0 Å². The molecule has 5 heteroatoms. The van der Waals surface area contributed by atoms with Crippen LogP contribution in [0.3, 0.4) is 0 Å². The van der Waals surface area contributed by atoms with E-state index in [1.165, 1.54) is 0 Å². The lowest BCUT2D eigenvalue weighted by molar-refractivity contribution is -0.107. The van der Waals surface area contributed by atoms with Gasteiger partial charge in [-0.2, -0.15) is 0 Å². The molecule has 0 spiro atoms. The molecule has 1 aliphatic rings. The third-order valence-corrected chi connectivity index (χ3v) is 10.5. The number of rotatable bonds is 10. The van der Waals surface area contributed by atoms with Crippen molar-refractivity contribution in [3.63, 3.8) is 0 Å². The Kier molecular flexibility index (Phi) is 7.42. The lowest BCUT2D eigenvalue weighted by Gasteiger charge is -2.39. The zero-order valence-corrected chi connectivity index (χ0v) is 19.5. The molecule has 1 fully saturated rings. The van der Waals surface area contributed by atoms with Crippen LogP contribution in [0.1, 0.15) is 53.0 Å². The molecule has 156 valence electrons. The summed E-state index contributed by atoms with van der Waals surface area (Å²) >= 11 is 0. The average Bonchev–Trinajstić information content (AvgIpc) is 3.27. The van der Waals surface area contributed by atoms with E-state index in [1.54, 1.807) is 0 Å². The van der Waals surface area contributed by atoms with E-state index in [9.17, 15) is 4.79 Å². The van der Waals surface area contributed by atoms with Crippen LogP contribution in [0, 0.1) is 0 Å². The molecule has 1 aliphatic heterocycles. The summed E-state index contributed by atoms with van der Waals surface area (Å²) in [7, 11) is -1.95. The highest BCUT2D eigenvalue weighted by molar-refractivity contribution is 6.74. The molecule has 4 nitrogen and oxygen atoms in total. The van der Waals surface area contributed by atoms with Crippen LogP contribution in [0.15, 0.2) is 42.0 Å². The number of allylic oxidation sites excluding steroid dienone is 1. The number of hydrogen-bond acceptors (Lipinski definition) is 4. The van der Waals surface area contributed by atoms with Gasteiger partial charge < -0.3 is 18.7 Å². The fraction of sp³-hybridized carbons (Fsp3) is 0.609. The third kappa shape index (κ3) is 6.11. The van der Waals surface area contributed by atoms with E-state index >= 15 is 0 Å². The van der Waals surface area contributed by atoms with Crippen LogP contribution in [0.5, 0.6) is 0 Å². The molecule has 1 heterocycles. The van der Waals surface area contributed by atoms with E-state index in [1.807, 2.05) is 38.1 Å². The van der Waals surface area contributed by atoms with Crippen molar-refractivity contribution in [3.05, 3.63) is 47.5 Å². The zero-order chi connectivity index (χ0) is 21.0. The van der Waals surface area contributed by atoms with E-state index in [2.05, 4.69) is 46.0 Å². The van der Waals surface area contributed by atoms with Crippen LogP contribution in [0.4, 0.5) is 0 Å². The van der Waals surface area contributed by atoms with Crippen LogP contribution in [-0.2, 0) is 25.3 Å². The maximum Gasteiger partial charge on any atom is 0.192 e. The van der Waals surface area contributed by atoms with Crippen molar-refractivity contribution in [1.82, 2.24) is 0 Å². The SMILES string of the molecule is C/C(=C\CC=O)[C@@H](C[C@H]1O[C@]1(C)OCc1ccccc1)O[Si](C)(C)C(C)(C)C. The molecule has 1 aromatic carbocycles. The summed E-state index contributed by atoms with van der Waals surface area (Å²) in [6, 6.07) is 10.1. The standard InChI is InChI=1S/C23H36O4Si/c1-18(12-11-15-24)20(27-28(6,7)22(2,3)4)16-21-23(5,26-21)25-17-19-13-9-8-10-14-19/h8-10,12-15,20-21H,11,16-17H2,1-7H3/b18-12+/t20-,21-,23+/m1/s1. The molecule has 0 radical (unpaired) electrons. The van der Waals surface area contributed by atoms with Gasteiger partial charge in [-0.25, -0.2) is 0 Å². The monoisotopic (exact) mass is 404 g/mol. The molecular formula is C23H36O4Si. The van der Waals surface area contributed by atoms with Gasteiger partial charge in [-0.05, 0) is 43.1 Å². The van der Waals surface area contributed by atoms with E-state index in [-0.39, 0.29) is 17.2 Å². The predicted octanol–water partition coefficient (Wildman–Crippen LogP) is 5.63. The summed E-state index contributed by atoms with van der Waals surface area (Å²) < 4.78 is 18.7. The van der Waals surface area contributed by atoms with Gasteiger partial charge in [0, 0.05) is 12.8 Å². The maximum absolute atomic E-state index is 10.8. The maximum atomic E-state index is 10.8. The largest absolute Gasteiger partial charge is 0.410 e.